The number of rotatable bonds is 4. The van der Waals surface area contributed by atoms with Crippen LogP contribution in [0.3, 0.4) is 0 Å². The minimum absolute atomic E-state index is 0.524. The lowest BCUT2D eigenvalue weighted by Crippen LogP contribution is -2.08. The number of thioether (sulfide) groups is 1. The Hall–Kier alpha value is -1.32. The summed E-state index contributed by atoms with van der Waals surface area (Å²) in [6.45, 7) is 0. The van der Waals surface area contributed by atoms with Crippen molar-refractivity contribution in [3.63, 3.8) is 0 Å². The van der Waals surface area contributed by atoms with E-state index in [2.05, 4.69) is 16.2 Å². The van der Waals surface area contributed by atoms with Gasteiger partial charge in [-0.3, -0.25) is 0 Å². The summed E-state index contributed by atoms with van der Waals surface area (Å²) < 4.78 is 5.27. The van der Waals surface area contributed by atoms with Gasteiger partial charge in [0.15, 0.2) is 5.82 Å². The van der Waals surface area contributed by atoms with Crippen molar-refractivity contribution in [2.24, 2.45) is 0 Å². The fourth-order valence-corrected chi connectivity index (χ4v) is 4.24. The maximum absolute atomic E-state index is 8.82. The molecule has 3 rings (SSSR count). The van der Waals surface area contributed by atoms with Gasteiger partial charge in [0.2, 0.25) is 0 Å². The van der Waals surface area contributed by atoms with Crippen LogP contribution >= 0.6 is 23.1 Å². The van der Waals surface area contributed by atoms with Crippen molar-refractivity contribution >= 4 is 23.1 Å². The fraction of sp³-hybridized carbons (Fsp3) is 0.500. The molecular weight excluding hydrogens is 290 g/mol. The molecule has 0 bridgehead atoms. The highest BCUT2D eigenvalue weighted by atomic mass is 32.2. The summed E-state index contributed by atoms with van der Waals surface area (Å²) in [5, 5.41) is 13.6. The quantitative estimate of drug-likeness (QED) is 0.845. The Morgan fingerprint density at radius 2 is 2.20 bits per heavy atom. The highest BCUT2D eigenvalue weighted by Crippen LogP contribution is 2.31. The van der Waals surface area contributed by atoms with Gasteiger partial charge in [-0.05, 0) is 25.0 Å². The van der Waals surface area contributed by atoms with Crippen molar-refractivity contribution in [1.29, 1.82) is 5.26 Å². The van der Waals surface area contributed by atoms with Crippen LogP contribution in [0.25, 0.3) is 10.8 Å². The van der Waals surface area contributed by atoms with E-state index in [9.17, 15) is 0 Å². The van der Waals surface area contributed by atoms with E-state index < -0.39 is 0 Å². The third-order valence-electron chi connectivity index (χ3n) is 3.40. The largest absolute Gasteiger partial charge is 0.333 e. The Bertz CT molecular complexity index is 608. The third-order valence-corrected chi connectivity index (χ3v) is 5.74. The van der Waals surface area contributed by atoms with Gasteiger partial charge in [0.05, 0.1) is 10.6 Å². The first kappa shape index (κ1) is 13.7. The Morgan fingerprint density at radius 3 is 2.95 bits per heavy atom. The van der Waals surface area contributed by atoms with Crippen LogP contribution in [0.5, 0.6) is 0 Å². The number of nitriles is 1. The van der Waals surface area contributed by atoms with E-state index in [0.29, 0.717) is 10.8 Å². The predicted octanol–water partition coefficient (Wildman–Crippen LogP) is 4.24. The summed E-state index contributed by atoms with van der Waals surface area (Å²) >= 11 is 3.32. The molecule has 0 aliphatic heterocycles. The molecule has 0 saturated heterocycles. The van der Waals surface area contributed by atoms with E-state index in [4.69, 9.17) is 9.78 Å². The summed E-state index contributed by atoms with van der Waals surface area (Å²) in [5.74, 6) is 2.09. The number of thiophene rings is 1. The van der Waals surface area contributed by atoms with E-state index in [0.717, 1.165) is 21.7 Å². The molecule has 0 N–H and O–H groups in total. The molecule has 0 radical (unpaired) electrons. The van der Waals surface area contributed by atoms with Crippen LogP contribution < -0.4 is 0 Å². The molecule has 6 heteroatoms. The van der Waals surface area contributed by atoms with E-state index in [1.807, 2.05) is 17.8 Å². The summed E-state index contributed by atoms with van der Waals surface area (Å²) in [5.41, 5.74) is 0. The van der Waals surface area contributed by atoms with Gasteiger partial charge in [0, 0.05) is 5.25 Å². The Morgan fingerprint density at radius 1 is 1.35 bits per heavy atom. The molecule has 1 fully saturated rings. The number of aromatic nitrogens is 2. The van der Waals surface area contributed by atoms with Gasteiger partial charge in [-0.1, -0.05) is 24.4 Å². The molecule has 0 spiro atoms. The lowest BCUT2D eigenvalue weighted by atomic mass is 10.0. The lowest BCUT2D eigenvalue weighted by Gasteiger charge is -2.19. The zero-order chi connectivity index (χ0) is 13.8. The first-order valence-electron chi connectivity index (χ1n) is 6.79. The fourth-order valence-electron chi connectivity index (χ4n) is 2.35. The zero-order valence-corrected chi connectivity index (χ0v) is 12.7. The molecule has 0 amide bonds. The van der Waals surface area contributed by atoms with Gasteiger partial charge < -0.3 is 4.52 Å². The number of nitrogens with zero attached hydrogens (tertiary/aromatic N) is 3. The smallest absolute Gasteiger partial charge is 0.268 e. The van der Waals surface area contributed by atoms with Crippen molar-refractivity contribution in [1.82, 2.24) is 10.1 Å². The summed E-state index contributed by atoms with van der Waals surface area (Å²) in [7, 11) is 0. The van der Waals surface area contributed by atoms with Gasteiger partial charge in [-0.25, -0.2) is 0 Å². The second-order valence-corrected chi connectivity index (χ2v) is 7.23. The van der Waals surface area contributed by atoms with E-state index in [1.165, 1.54) is 43.4 Å². The first-order chi connectivity index (χ1) is 9.85. The van der Waals surface area contributed by atoms with Crippen LogP contribution in [0.1, 0.15) is 42.8 Å². The average molecular weight is 305 g/mol. The van der Waals surface area contributed by atoms with Gasteiger partial charge in [0.25, 0.3) is 5.89 Å². The standard InChI is InChI=1S/C14H15N3OS2/c15-8-11-6-7-12(20-11)14-16-13(17-18-14)9-19-10-4-2-1-3-5-10/h6-7,10H,1-5,9H2. The third kappa shape index (κ3) is 3.22. The zero-order valence-electron chi connectivity index (χ0n) is 11.0. The Balaban J connectivity index is 1.60. The average Bonchev–Trinajstić information content (AvgIpc) is 3.15. The topological polar surface area (TPSA) is 62.7 Å². The number of hydrogen-bond acceptors (Lipinski definition) is 6. The normalized spacial score (nSPS) is 16.1. The minimum atomic E-state index is 0.524. The van der Waals surface area contributed by atoms with Crippen LogP contribution in [0.4, 0.5) is 0 Å². The van der Waals surface area contributed by atoms with Crippen molar-refractivity contribution in [3.05, 3.63) is 22.8 Å². The maximum atomic E-state index is 8.82. The molecule has 1 aliphatic carbocycles. The van der Waals surface area contributed by atoms with Crippen molar-refractivity contribution in [2.45, 2.75) is 43.1 Å². The highest BCUT2D eigenvalue weighted by Gasteiger charge is 2.16. The second-order valence-electron chi connectivity index (χ2n) is 4.86. The molecule has 20 heavy (non-hydrogen) atoms. The molecule has 1 saturated carbocycles. The molecular formula is C14H15N3OS2. The molecule has 2 heterocycles. The predicted molar refractivity (Wildman–Crippen MR) is 80.5 cm³/mol. The molecule has 1 aliphatic rings. The number of hydrogen-bond donors (Lipinski definition) is 0. The van der Waals surface area contributed by atoms with Crippen LogP contribution in [-0.4, -0.2) is 15.4 Å². The monoisotopic (exact) mass is 305 g/mol. The molecule has 0 atom stereocenters. The SMILES string of the molecule is N#Cc1ccc(-c2nc(CSC3CCCCC3)no2)s1. The second kappa shape index (κ2) is 6.42. The maximum Gasteiger partial charge on any atom is 0.268 e. The molecule has 0 unspecified atom stereocenters. The van der Waals surface area contributed by atoms with E-state index >= 15 is 0 Å². The van der Waals surface area contributed by atoms with Gasteiger partial charge in [-0.15, -0.1) is 11.3 Å². The van der Waals surface area contributed by atoms with Gasteiger partial charge in [0.1, 0.15) is 10.9 Å². The summed E-state index contributed by atoms with van der Waals surface area (Å²) in [4.78, 5) is 5.94. The Labute approximate surface area is 126 Å². The lowest BCUT2D eigenvalue weighted by molar-refractivity contribution is 0.426. The van der Waals surface area contributed by atoms with E-state index in [-0.39, 0.29) is 0 Å². The van der Waals surface area contributed by atoms with Gasteiger partial charge in [-0.2, -0.15) is 22.0 Å². The van der Waals surface area contributed by atoms with E-state index in [1.54, 1.807) is 6.07 Å². The molecule has 2 aromatic rings. The molecule has 2 aromatic heterocycles. The minimum Gasteiger partial charge on any atom is -0.333 e. The van der Waals surface area contributed by atoms with Crippen molar-refractivity contribution < 1.29 is 4.52 Å². The molecule has 0 aromatic carbocycles. The van der Waals surface area contributed by atoms with Gasteiger partial charge >= 0.3 is 0 Å². The first-order valence-corrected chi connectivity index (χ1v) is 8.66. The van der Waals surface area contributed by atoms with Crippen LogP contribution in [0.2, 0.25) is 0 Å². The summed E-state index contributed by atoms with van der Waals surface area (Å²) in [6.07, 6.45) is 6.70. The van der Waals surface area contributed by atoms with Crippen LogP contribution in [0.15, 0.2) is 16.7 Å². The molecule has 4 nitrogen and oxygen atoms in total. The van der Waals surface area contributed by atoms with Crippen LogP contribution in [-0.2, 0) is 5.75 Å². The summed E-state index contributed by atoms with van der Waals surface area (Å²) in [6, 6.07) is 5.75. The van der Waals surface area contributed by atoms with Crippen molar-refractivity contribution in [3.8, 4) is 16.8 Å². The highest BCUT2D eigenvalue weighted by molar-refractivity contribution is 7.99. The van der Waals surface area contributed by atoms with Crippen molar-refractivity contribution in [2.75, 3.05) is 0 Å². The van der Waals surface area contributed by atoms with Crippen LogP contribution in [0, 0.1) is 11.3 Å². The molecule has 104 valence electrons. The Kier molecular flexibility index (Phi) is 4.38.